The fraction of sp³-hybridized carbons (Fsp3) is 0.333. The van der Waals surface area contributed by atoms with E-state index >= 15 is 0 Å². The highest BCUT2D eigenvalue weighted by Gasteiger charge is 2.36. The Balaban J connectivity index is 1.44. The van der Waals surface area contributed by atoms with Crippen LogP contribution in [0.15, 0.2) is 54.9 Å². The highest BCUT2D eigenvalue weighted by atomic mass is 16.5. The fourth-order valence-corrected chi connectivity index (χ4v) is 4.24. The molecule has 2 N–H and O–H groups in total. The molecule has 1 aromatic carbocycles. The third kappa shape index (κ3) is 5.20. The van der Waals surface area contributed by atoms with Crippen molar-refractivity contribution >= 4 is 28.6 Å². The van der Waals surface area contributed by atoms with E-state index < -0.39 is 18.2 Å². The first kappa shape index (κ1) is 22.5. The van der Waals surface area contributed by atoms with Gasteiger partial charge in [-0.05, 0) is 55.3 Å². The van der Waals surface area contributed by atoms with Crippen LogP contribution in [-0.4, -0.2) is 75.8 Å². The fourth-order valence-electron chi connectivity index (χ4n) is 4.24. The van der Waals surface area contributed by atoms with E-state index in [4.69, 9.17) is 9.84 Å². The summed E-state index contributed by atoms with van der Waals surface area (Å²) in [5, 5.41) is 20.1. The second-order valence-electron chi connectivity index (χ2n) is 8.32. The quantitative estimate of drug-likeness (QED) is 0.563. The summed E-state index contributed by atoms with van der Waals surface area (Å²) in [6.45, 7) is 0.894. The van der Waals surface area contributed by atoms with E-state index in [0.717, 1.165) is 29.7 Å². The number of fused-ring (bicyclic) bond motifs is 1. The molecule has 2 aromatic heterocycles. The molecular weight excluding hydrogens is 424 g/mol. The molecule has 1 aliphatic rings. The molecule has 0 unspecified atom stereocenters. The van der Waals surface area contributed by atoms with E-state index in [1.807, 2.05) is 18.2 Å². The van der Waals surface area contributed by atoms with Gasteiger partial charge in [-0.3, -0.25) is 14.8 Å². The number of ether oxygens (including phenoxy) is 1. The molecule has 1 fully saturated rings. The number of hydrogen-bond donors (Lipinski definition) is 2. The van der Waals surface area contributed by atoms with E-state index in [1.54, 1.807) is 43.7 Å². The van der Waals surface area contributed by atoms with Gasteiger partial charge >= 0.3 is 5.97 Å². The Bertz CT molecular complexity index is 1150. The van der Waals surface area contributed by atoms with Gasteiger partial charge < -0.3 is 24.7 Å². The lowest BCUT2D eigenvalue weighted by atomic mass is 9.91. The summed E-state index contributed by atoms with van der Waals surface area (Å²) < 4.78 is 5.11. The van der Waals surface area contributed by atoms with Crippen molar-refractivity contribution in [3.63, 3.8) is 0 Å². The number of aromatic nitrogens is 2. The third-order valence-corrected chi connectivity index (χ3v) is 5.71. The van der Waals surface area contributed by atoms with E-state index in [2.05, 4.69) is 14.9 Å². The number of likely N-dealkylation sites (N-methyl/N-ethyl adjacent to an activating group) is 1. The number of rotatable bonds is 7. The molecule has 1 amide bonds. The molecule has 3 aromatic rings. The summed E-state index contributed by atoms with van der Waals surface area (Å²) in [4.78, 5) is 36.0. The van der Waals surface area contributed by atoms with Gasteiger partial charge in [0.15, 0.2) is 6.61 Å². The minimum Gasteiger partial charge on any atom is -0.482 e. The largest absolute Gasteiger partial charge is 0.482 e. The normalized spacial score (nSPS) is 18.2. The summed E-state index contributed by atoms with van der Waals surface area (Å²) in [5.74, 6) is -0.932. The number of pyridine rings is 2. The topological polar surface area (TPSA) is 116 Å². The minimum absolute atomic E-state index is 0.177. The minimum atomic E-state index is -1.07. The van der Waals surface area contributed by atoms with Gasteiger partial charge in [0, 0.05) is 38.1 Å². The number of carbonyl (C=O) groups excluding carboxylic acids is 1. The van der Waals surface area contributed by atoms with Crippen LogP contribution in [-0.2, 0) is 4.79 Å². The van der Waals surface area contributed by atoms with Crippen molar-refractivity contribution in [2.45, 2.75) is 18.4 Å². The average molecular weight is 450 g/mol. The number of aliphatic hydroxyl groups is 1. The number of carboxylic acid groups (broad SMARTS) is 1. The number of benzene rings is 1. The lowest BCUT2D eigenvalue weighted by molar-refractivity contribution is -0.139. The van der Waals surface area contributed by atoms with Crippen LogP contribution in [0.5, 0.6) is 5.75 Å². The Hall–Kier alpha value is -3.72. The summed E-state index contributed by atoms with van der Waals surface area (Å²) in [6.07, 6.45) is 4.84. The zero-order valence-corrected chi connectivity index (χ0v) is 18.3. The summed E-state index contributed by atoms with van der Waals surface area (Å²) in [7, 11) is 1.66. The Kier molecular flexibility index (Phi) is 6.41. The Labute approximate surface area is 191 Å². The molecule has 0 bridgehead atoms. The maximum atomic E-state index is 12.9. The Morgan fingerprint density at radius 3 is 2.70 bits per heavy atom. The standard InChI is InChI=1S/C24H26N4O5/c1-27(23(31)17-5-7-18(8-6-17)33-14-21(29)30)15-24(32)10-3-13-28(16-24)20-9-12-25-19-4-2-11-26-22(19)20/h2,4-9,11-12,32H,3,10,13-16H2,1H3,(H,29,30)/t24-/m1/s1. The SMILES string of the molecule is CN(C[C@]1(O)CCCN(c2ccnc3cccnc23)C1)C(=O)c1ccc(OCC(=O)O)cc1. The van der Waals surface area contributed by atoms with Crippen LogP contribution in [0.4, 0.5) is 5.69 Å². The van der Waals surface area contributed by atoms with Gasteiger partial charge in [0.05, 0.1) is 23.3 Å². The number of aliphatic carboxylic acids is 1. The second-order valence-corrected chi connectivity index (χ2v) is 8.32. The number of piperidine rings is 1. The van der Waals surface area contributed by atoms with Crippen molar-refractivity contribution in [3.8, 4) is 5.75 Å². The zero-order chi connectivity index (χ0) is 23.4. The van der Waals surface area contributed by atoms with Crippen molar-refractivity contribution in [2.75, 3.05) is 38.2 Å². The van der Waals surface area contributed by atoms with Crippen molar-refractivity contribution in [1.29, 1.82) is 0 Å². The monoisotopic (exact) mass is 450 g/mol. The van der Waals surface area contributed by atoms with Crippen LogP contribution in [0.3, 0.4) is 0 Å². The molecule has 0 saturated carbocycles. The van der Waals surface area contributed by atoms with Crippen LogP contribution in [0.1, 0.15) is 23.2 Å². The van der Waals surface area contributed by atoms with Gasteiger partial charge in [0.1, 0.15) is 11.3 Å². The molecule has 9 nitrogen and oxygen atoms in total. The van der Waals surface area contributed by atoms with E-state index in [-0.39, 0.29) is 12.5 Å². The number of carboxylic acids is 1. The van der Waals surface area contributed by atoms with E-state index in [1.165, 1.54) is 4.90 Å². The zero-order valence-electron chi connectivity index (χ0n) is 18.3. The molecule has 33 heavy (non-hydrogen) atoms. The van der Waals surface area contributed by atoms with Gasteiger partial charge in [-0.25, -0.2) is 4.79 Å². The molecule has 0 aliphatic carbocycles. The van der Waals surface area contributed by atoms with Gasteiger partial charge in [0.25, 0.3) is 5.91 Å². The smallest absolute Gasteiger partial charge is 0.341 e. The van der Waals surface area contributed by atoms with Gasteiger partial charge in [-0.1, -0.05) is 0 Å². The van der Waals surface area contributed by atoms with Crippen molar-refractivity contribution in [1.82, 2.24) is 14.9 Å². The van der Waals surface area contributed by atoms with Crippen molar-refractivity contribution in [2.24, 2.45) is 0 Å². The number of anilines is 1. The number of carbonyl (C=O) groups is 2. The molecule has 172 valence electrons. The van der Waals surface area contributed by atoms with Crippen LogP contribution >= 0.6 is 0 Å². The maximum Gasteiger partial charge on any atom is 0.341 e. The van der Waals surface area contributed by atoms with Gasteiger partial charge in [-0.2, -0.15) is 0 Å². The van der Waals surface area contributed by atoms with Crippen LogP contribution in [0, 0.1) is 0 Å². The Morgan fingerprint density at radius 2 is 1.94 bits per heavy atom. The predicted molar refractivity (Wildman–Crippen MR) is 122 cm³/mol. The summed E-state index contributed by atoms with van der Waals surface area (Å²) >= 11 is 0. The van der Waals surface area contributed by atoms with Crippen molar-refractivity contribution < 1.29 is 24.5 Å². The molecule has 1 aliphatic heterocycles. The lowest BCUT2D eigenvalue weighted by Crippen LogP contribution is -2.54. The van der Waals surface area contributed by atoms with Crippen LogP contribution < -0.4 is 9.64 Å². The maximum absolute atomic E-state index is 12.9. The first-order valence-electron chi connectivity index (χ1n) is 10.7. The predicted octanol–water partition coefficient (Wildman–Crippen LogP) is 2.20. The summed E-state index contributed by atoms with van der Waals surface area (Å²) in [5.41, 5.74) is 1.87. The van der Waals surface area contributed by atoms with Crippen molar-refractivity contribution in [3.05, 3.63) is 60.4 Å². The van der Waals surface area contributed by atoms with E-state index in [9.17, 15) is 14.7 Å². The molecule has 9 heteroatoms. The van der Waals surface area contributed by atoms with Crippen LogP contribution in [0.2, 0.25) is 0 Å². The number of amides is 1. The van der Waals surface area contributed by atoms with Crippen LogP contribution in [0.25, 0.3) is 11.0 Å². The number of β-amino-alcohol motifs (C(OH)–C–C–N with tert-alkyl or cyclic N) is 1. The third-order valence-electron chi connectivity index (χ3n) is 5.71. The van der Waals surface area contributed by atoms with Gasteiger partial charge in [-0.15, -0.1) is 0 Å². The first-order chi connectivity index (χ1) is 15.8. The Morgan fingerprint density at radius 1 is 1.15 bits per heavy atom. The average Bonchev–Trinajstić information content (AvgIpc) is 2.82. The molecule has 3 heterocycles. The first-order valence-corrected chi connectivity index (χ1v) is 10.7. The number of hydrogen-bond acceptors (Lipinski definition) is 7. The molecule has 1 saturated heterocycles. The van der Waals surface area contributed by atoms with Gasteiger partial charge in [0.2, 0.25) is 0 Å². The highest BCUT2D eigenvalue weighted by Crippen LogP contribution is 2.30. The second kappa shape index (κ2) is 9.41. The lowest BCUT2D eigenvalue weighted by Gasteiger charge is -2.42. The highest BCUT2D eigenvalue weighted by molar-refractivity contribution is 5.94. The molecule has 0 radical (unpaired) electrons. The van der Waals surface area contributed by atoms with E-state index in [0.29, 0.717) is 24.3 Å². The summed E-state index contributed by atoms with van der Waals surface area (Å²) in [6, 6.07) is 11.9. The molecule has 1 atom stereocenters. The molecular formula is C24H26N4O5. The number of nitrogens with zero attached hydrogens (tertiary/aromatic N) is 4. The molecule has 4 rings (SSSR count). The molecule has 0 spiro atoms.